The highest BCUT2D eigenvalue weighted by Crippen LogP contribution is 2.34. The quantitative estimate of drug-likeness (QED) is 0.756. The largest absolute Gasteiger partial charge is 0.391 e. The number of aliphatic hydroxyl groups is 1. The van der Waals surface area contributed by atoms with Gasteiger partial charge < -0.3 is 5.11 Å². The van der Waals surface area contributed by atoms with E-state index in [1.807, 2.05) is 31.5 Å². The number of hydrogen-bond donors (Lipinski definition) is 1. The number of hydrogen-bond acceptors (Lipinski definition) is 3. The Morgan fingerprint density at radius 2 is 2.11 bits per heavy atom. The molecule has 0 fully saturated rings. The normalized spacial score (nSPS) is 11.0. The number of aryl methyl sites for hydroxylation is 1. The maximum Gasteiger partial charge on any atom is 0.0774 e. The van der Waals surface area contributed by atoms with Gasteiger partial charge >= 0.3 is 0 Å². The fourth-order valence-corrected chi connectivity index (χ4v) is 3.18. The maximum absolute atomic E-state index is 9.24. The van der Waals surface area contributed by atoms with Gasteiger partial charge in [-0.3, -0.25) is 4.98 Å². The van der Waals surface area contributed by atoms with E-state index in [-0.39, 0.29) is 6.61 Å². The minimum Gasteiger partial charge on any atom is -0.391 e. The van der Waals surface area contributed by atoms with Crippen molar-refractivity contribution in [3.63, 3.8) is 0 Å². The molecule has 0 aliphatic rings. The van der Waals surface area contributed by atoms with Crippen molar-refractivity contribution in [3.8, 4) is 11.1 Å². The molecule has 0 saturated heterocycles. The molecule has 2 heterocycles. The summed E-state index contributed by atoms with van der Waals surface area (Å²) >= 11 is 1.65. The molecule has 18 heavy (non-hydrogen) atoms. The first-order valence-corrected chi connectivity index (χ1v) is 6.64. The molecular formula is C15H13NOS. The van der Waals surface area contributed by atoms with Crippen molar-refractivity contribution in [2.45, 2.75) is 13.5 Å². The molecule has 2 aromatic heterocycles. The van der Waals surface area contributed by atoms with Crippen LogP contribution in [0.25, 0.3) is 21.2 Å². The molecule has 3 rings (SSSR count). The molecule has 3 heteroatoms. The number of benzene rings is 1. The minimum absolute atomic E-state index is 0.102. The van der Waals surface area contributed by atoms with Crippen LogP contribution in [0.15, 0.2) is 42.7 Å². The Kier molecular flexibility index (Phi) is 2.86. The summed E-state index contributed by atoms with van der Waals surface area (Å²) in [6.45, 7) is 2.15. The fraction of sp³-hybridized carbons (Fsp3) is 0.133. The molecule has 90 valence electrons. The third-order valence-electron chi connectivity index (χ3n) is 2.94. The van der Waals surface area contributed by atoms with Gasteiger partial charge in [0.25, 0.3) is 0 Å². The Hall–Kier alpha value is -1.71. The Bertz CT molecular complexity index is 703. The Balaban J connectivity index is 2.25. The number of rotatable bonds is 2. The summed E-state index contributed by atoms with van der Waals surface area (Å²) in [5.74, 6) is 0. The van der Waals surface area contributed by atoms with Gasteiger partial charge in [-0.25, -0.2) is 0 Å². The van der Waals surface area contributed by atoms with E-state index < -0.39 is 0 Å². The van der Waals surface area contributed by atoms with E-state index in [0.29, 0.717) is 0 Å². The zero-order chi connectivity index (χ0) is 12.5. The van der Waals surface area contributed by atoms with Crippen molar-refractivity contribution >= 4 is 21.4 Å². The molecule has 0 spiro atoms. The number of pyridine rings is 1. The second-order valence-electron chi connectivity index (χ2n) is 4.35. The van der Waals surface area contributed by atoms with Crippen LogP contribution in [-0.4, -0.2) is 10.1 Å². The summed E-state index contributed by atoms with van der Waals surface area (Å²) in [5.41, 5.74) is 3.48. The zero-order valence-electron chi connectivity index (χ0n) is 10.1. The lowest BCUT2D eigenvalue weighted by atomic mass is 10.0. The number of nitrogens with zero attached hydrogens (tertiary/aromatic N) is 1. The molecule has 0 atom stereocenters. The van der Waals surface area contributed by atoms with Gasteiger partial charge in [0.05, 0.1) is 6.61 Å². The second kappa shape index (κ2) is 4.52. The van der Waals surface area contributed by atoms with Crippen LogP contribution >= 0.6 is 11.3 Å². The molecule has 0 unspecified atom stereocenters. The first kappa shape index (κ1) is 11.4. The monoisotopic (exact) mass is 255 g/mol. The van der Waals surface area contributed by atoms with Gasteiger partial charge in [-0.05, 0) is 30.0 Å². The Morgan fingerprint density at radius 1 is 1.22 bits per heavy atom. The van der Waals surface area contributed by atoms with Crippen LogP contribution in [0, 0.1) is 6.92 Å². The Morgan fingerprint density at radius 3 is 2.89 bits per heavy atom. The van der Waals surface area contributed by atoms with Gasteiger partial charge in [0.2, 0.25) is 0 Å². The van der Waals surface area contributed by atoms with Crippen LogP contribution < -0.4 is 0 Å². The standard InChI is InChI=1S/C15H13NOS/c1-10-5-12(8-16-7-10)14-4-2-3-11-6-13(9-17)18-15(11)14/h2-8,17H,9H2,1H3. The van der Waals surface area contributed by atoms with Gasteiger partial charge in [-0.2, -0.15) is 0 Å². The topological polar surface area (TPSA) is 33.1 Å². The number of aliphatic hydroxyl groups excluding tert-OH is 1. The molecule has 0 aliphatic carbocycles. The molecule has 1 aromatic carbocycles. The third kappa shape index (κ3) is 1.92. The first-order valence-electron chi connectivity index (χ1n) is 5.82. The summed E-state index contributed by atoms with van der Waals surface area (Å²) in [5, 5.41) is 10.4. The van der Waals surface area contributed by atoms with Gasteiger partial charge in [0.1, 0.15) is 0 Å². The van der Waals surface area contributed by atoms with Crippen molar-refractivity contribution < 1.29 is 5.11 Å². The molecule has 0 bridgehead atoms. The van der Waals surface area contributed by atoms with Crippen LogP contribution in [0.4, 0.5) is 0 Å². The van der Waals surface area contributed by atoms with Crippen molar-refractivity contribution in [3.05, 3.63) is 53.2 Å². The maximum atomic E-state index is 9.24. The van der Waals surface area contributed by atoms with Crippen LogP contribution in [0.5, 0.6) is 0 Å². The number of thiophene rings is 1. The molecule has 3 aromatic rings. The highest BCUT2D eigenvalue weighted by molar-refractivity contribution is 7.19. The van der Waals surface area contributed by atoms with Gasteiger partial charge in [-0.15, -0.1) is 11.3 Å². The highest BCUT2D eigenvalue weighted by atomic mass is 32.1. The average molecular weight is 255 g/mol. The number of aromatic nitrogens is 1. The van der Waals surface area contributed by atoms with Crippen molar-refractivity contribution in [2.75, 3.05) is 0 Å². The average Bonchev–Trinajstić information content (AvgIpc) is 2.81. The molecular weight excluding hydrogens is 242 g/mol. The van der Waals surface area contributed by atoms with E-state index in [4.69, 9.17) is 0 Å². The zero-order valence-corrected chi connectivity index (χ0v) is 10.9. The van der Waals surface area contributed by atoms with E-state index >= 15 is 0 Å². The van der Waals surface area contributed by atoms with Gasteiger partial charge in [0.15, 0.2) is 0 Å². The lowest BCUT2D eigenvalue weighted by molar-refractivity contribution is 0.285. The SMILES string of the molecule is Cc1cncc(-c2cccc3cc(CO)sc23)c1. The van der Waals surface area contributed by atoms with Crippen molar-refractivity contribution in [2.24, 2.45) is 0 Å². The van der Waals surface area contributed by atoms with Crippen LogP contribution in [0.1, 0.15) is 10.4 Å². The predicted octanol–water partition coefficient (Wildman–Crippen LogP) is 3.76. The van der Waals surface area contributed by atoms with Crippen LogP contribution in [0.3, 0.4) is 0 Å². The fourth-order valence-electron chi connectivity index (χ4n) is 2.12. The highest BCUT2D eigenvalue weighted by Gasteiger charge is 2.08. The summed E-state index contributed by atoms with van der Waals surface area (Å²) in [6.07, 6.45) is 3.75. The second-order valence-corrected chi connectivity index (χ2v) is 5.48. The van der Waals surface area contributed by atoms with Crippen molar-refractivity contribution in [1.29, 1.82) is 0 Å². The smallest absolute Gasteiger partial charge is 0.0774 e. The van der Waals surface area contributed by atoms with E-state index in [2.05, 4.69) is 23.2 Å². The summed E-state index contributed by atoms with van der Waals surface area (Å²) in [7, 11) is 0. The minimum atomic E-state index is 0.102. The van der Waals surface area contributed by atoms with E-state index in [1.54, 1.807) is 11.3 Å². The molecule has 1 N–H and O–H groups in total. The molecule has 0 radical (unpaired) electrons. The van der Waals surface area contributed by atoms with Crippen LogP contribution in [-0.2, 0) is 6.61 Å². The summed E-state index contributed by atoms with van der Waals surface area (Å²) in [4.78, 5) is 5.25. The lowest BCUT2D eigenvalue weighted by Crippen LogP contribution is -1.82. The van der Waals surface area contributed by atoms with Crippen molar-refractivity contribution in [1.82, 2.24) is 4.98 Å². The van der Waals surface area contributed by atoms with Gasteiger partial charge in [-0.1, -0.05) is 18.2 Å². The van der Waals surface area contributed by atoms with Gasteiger partial charge in [0, 0.05) is 33.1 Å². The Labute approximate surface area is 110 Å². The molecule has 2 nitrogen and oxygen atoms in total. The number of fused-ring (bicyclic) bond motifs is 1. The third-order valence-corrected chi connectivity index (χ3v) is 4.11. The van der Waals surface area contributed by atoms with E-state index in [0.717, 1.165) is 16.0 Å². The summed E-state index contributed by atoms with van der Waals surface area (Å²) < 4.78 is 1.22. The van der Waals surface area contributed by atoms with E-state index in [1.165, 1.54) is 15.6 Å². The molecule has 0 aliphatic heterocycles. The van der Waals surface area contributed by atoms with E-state index in [9.17, 15) is 5.11 Å². The lowest BCUT2D eigenvalue weighted by Gasteiger charge is -2.03. The predicted molar refractivity (Wildman–Crippen MR) is 75.7 cm³/mol. The summed E-state index contributed by atoms with van der Waals surface area (Å²) in [6, 6.07) is 10.4. The first-order chi connectivity index (χ1) is 8.78. The molecule has 0 amide bonds. The van der Waals surface area contributed by atoms with Crippen LogP contribution in [0.2, 0.25) is 0 Å². The molecule has 0 saturated carbocycles.